The Morgan fingerprint density at radius 2 is 2.16 bits per heavy atom. The van der Waals surface area contributed by atoms with E-state index >= 15 is 0 Å². The molecule has 1 aromatic carbocycles. The highest BCUT2D eigenvalue weighted by Crippen LogP contribution is 2.43. The molecule has 0 spiro atoms. The molecule has 3 nitrogen and oxygen atoms in total. The molecular formula is C15H16O3S. The summed E-state index contributed by atoms with van der Waals surface area (Å²) in [7, 11) is 1.63. The molecular weight excluding hydrogens is 260 g/mol. The van der Waals surface area contributed by atoms with Crippen molar-refractivity contribution in [2.75, 3.05) is 7.11 Å². The lowest BCUT2D eigenvalue weighted by Gasteiger charge is -2.29. The Balaban J connectivity index is 1.93. The van der Waals surface area contributed by atoms with Crippen LogP contribution in [0.5, 0.6) is 11.5 Å². The van der Waals surface area contributed by atoms with Crippen molar-refractivity contribution in [1.82, 2.24) is 0 Å². The van der Waals surface area contributed by atoms with Crippen molar-refractivity contribution in [1.29, 1.82) is 0 Å². The molecule has 2 aromatic rings. The Bertz CT molecular complexity index is 591. The average molecular weight is 276 g/mol. The molecule has 1 aromatic heterocycles. The van der Waals surface area contributed by atoms with Crippen LogP contribution in [0.2, 0.25) is 0 Å². The van der Waals surface area contributed by atoms with E-state index in [9.17, 15) is 5.11 Å². The lowest BCUT2D eigenvalue weighted by Crippen LogP contribution is -2.18. The SMILES string of the molecule is COc1ccc2c(c1)OC(c1ccc(C)s1)C[C@@H]2O. The summed E-state index contributed by atoms with van der Waals surface area (Å²) in [6.45, 7) is 2.07. The summed E-state index contributed by atoms with van der Waals surface area (Å²) in [4.78, 5) is 2.41. The van der Waals surface area contributed by atoms with Crippen molar-refractivity contribution in [3.8, 4) is 11.5 Å². The molecule has 1 aliphatic rings. The maximum Gasteiger partial charge on any atom is 0.136 e. The molecule has 19 heavy (non-hydrogen) atoms. The number of thiophene rings is 1. The largest absolute Gasteiger partial charge is 0.497 e. The van der Waals surface area contributed by atoms with E-state index in [1.165, 1.54) is 4.88 Å². The van der Waals surface area contributed by atoms with Crippen LogP contribution < -0.4 is 9.47 Å². The number of rotatable bonds is 2. The molecule has 1 N–H and O–H groups in total. The average Bonchev–Trinajstić information content (AvgIpc) is 2.84. The van der Waals surface area contributed by atoms with Crippen LogP contribution in [0.1, 0.15) is 33.9 Å². The smallest absolute Gasteiger partial charge is 0.136 e. The number of hydrogen-bond acceptors (Lipinski definition) is 4. The maximum atomic E-state index is 10.2. The molecule has 0 bridgehead atoms. The third-order valence-corrected chi connectivity index (χ3v) is 4.46. The normalized spacial score (nSPS) is 21.6. The molecule has 1 aliphatic heterocycles. The molecule has 0 aliphatic carbocycles. The Labute approximate surface area is 116 Å². The summed E-state index contributed by atoms with van der Waals surface area (Å²) in [6, 6.07) is 9.71. The van der Waals surface area contributed by atoms with Gasteiger partial charge in [-0.2, -0.15) is 0 Å². The zero-order valence-electron chi connectivity index (χ0n) is 10.9. The Kier molecular flexibility index (Phi) is 3.21. The molecule has 3 rings (SSSR count). The van der Waals surface area contributed by atoms with Gasteiger partial charge >= 0.3 is 0 Å². The Morgan fingerprint density at radius 1 is 1.32 bits per heavy atom. The predicted octanol–water partition coefficient (Wildman–Crippen LogP) is 3.62. The van der Waals surface area contributed by atoms with Gasteiger partial charge < -0.3 is 14.6 Å². The molecule has 2 heterocycles. The van der Waals surface area contributed by atoms with Gasteiger partial charge in [0, 0.05) is 27.8 Å². The van der Waals surface area contributed by atoms with E-state index in [4.69, 9.17) is 9.47 Å². The van der Waals surface area contributed by atoms with Crippen molar-refractivity contribution in [2.45, 2.75) is 25.6 Å². The maximum absolute atomic E-state index is 10.2. The first-order valence-electron chi connectivity index (χ1n) is 6.26. The highest BCUT2D eigenvalue weighted by Gasteiger charge is 2.29. The zero-order chi connectivity index (χ0) is 13.4. The monoisotopic (exact) mass is 276 g/mol. The third kappa shape index (κ3) is 2.33. The van der Waals surface area contributed by atoms with Crippen molar-refractivity contribution >= 4 is 11.3 Å². The lowest BCUT2D eigenvalue weighted by atomic mass is 9.98. The summed E-state index contributed by atoms with van der Waals surface area (Å²) >= 11 is 1.71. The van der Waals surface area contributed by atoms with E-state index in [0.717, 1.165) is 16.2 Å². The van der Waals surface area contributed by atoms with Crippen molar-refractivity contribution < 1.29 is 14.6 Å². The number of fused-ring (bicyclic) bond motifs is 1. The number of methoxy groups -OCH3 is 1. The minimum atomic E-state index is -0.484. The minimum absolute atomic E-state index is 0.0756. The van der Waals surface area contributed by atoms with Crippen LogP contribution >= 0.6 is 11.3 Å². The number of benzene rings is 1. The van der Waals surface area contributed by atoms with E-state index < -0.39 is 6.10 Å². The summed E-state index contributed by atoms with van der Waals surface area (Å²) in [5, 5.41) is 10.2. The van der Waals surface area contributed by atoms with Gasteiger partial charge in [-0.25, -0.2) is 0 Å². The molecule has 2 atom stereocenters. The Hall–Kier alpha value is -1.52. The van der Waals surface area contributed by atoms with Crippen LogP contribution in [0.3, 0.4) is 0 Å². The standard InChI is InChI=1S/C15H16O3S/c1-9-3-6-15(19-9)14-8-12(16)11-5-4-10(17-2)7-13(11)18-14/h3-7,12,14,16H,8H2,1-2H3/t12-,14?/m0/s1. The lowest BCUT2D eigenvalue weighted by molar-refractivity contribution is 0.0672. The second-order valence-electron chi connectivity index (χ2n) is 4.71. The van der Waals surface area contributed by atoms with Gasteiger partial charge in [0.25, 0.3) is 0 Å². The van der Waals surface area contributed by atoms with E-state index in [0.29, 0.717) is 12.2 Å². The van der Waals surface area contributed by atoms with E-state index in [1.54, 1.807) is 18.4 Å². The highest BCUT2D eigenvalue weighted by atomic mass is 32.1. The molecule has 0 radical (unpaired) electrons. The fraction of sp³-hybridized carbons (Fsp3) is 0.333. The van der Waals surface area contributed by atoms with Gasteiger partial charge in [0.05, 0.1) is 13.2 Å². The van der Waals surface area contributed by atoms with Gasteiger partial charge in [0.2, 0.25) is 0 Å². The molecule has 0 fully saturated rings. The topological polar surface area (TPSA) is 38.7 Å². The fourth-order valence-electron chi connectivity index (χ4n) is 2.35. The molecule has 0 amide bonds. The predicted molar refractivity (Wildman–Crippen MR) is 75.0 cm³/mol. The highest BCUT2D eigenvalue weighted by molar-refractivity contribution is 7.12. The van der Waals surface area contributed by atoms with Crippen molar-refractivity contribution in [3.05, 3.63) is 45.6 Å². The number of aliphatic hydroxyl groups excluding tert-OH is 1. The number of aryl methyl sites for hydroxylation is 1. The van der Waals surface area contributed by atoms with E-state index in [1.807, 2.05) is 18.2 Å². The number of aliphatic hydroxyl groups is 1. The van der Waals surface area contributed by atoms with Crippen LogP contribution in [-0.4, -0.2) is 12.2 Å². The van der Waals surface area contributed by atoms with Gasteiger partial charge in [0.1, 0.15) is 17.6 Å². The van der Waals surface area contributed by atoms with E-state index in [-0.39, 0.29) is 6.10 Å². The van der Waals surface area contributed by atoms with Gasteiger partial charge in [-0.3, -0.25) is 0 Å². The molecule has 0 saturated heterocycles. The van der Waals surface area contributed by atoms with Crippen molar-refractivity contribution in [3.63, 3.8) is 0 Å². The molecule has 100 valence electrons. The minimum Gasteiger partial charge on any atom is -0.497 e. The van der Waals surface area contributed by atoms with Crippen LogP contribution in [0.4, 0.5) is 0 Å². The number of ether oxygens (including phenoxy) is 2. The quantitative estimate of drug-likeness (QED) is 0.910. The molecule has 4 heteroatoms. The number of hydrogen-bond donors (Lipinski definition) is 1. The summed E-state index contributed by atoms with van der Waals surface area (Å²) in [5.41, 5.74) is 0.838. The summed E-state index contributed by atoms with van der Waals surface area (Å²) < 4.78 is 11.2. The van der Waals surface area contributed by atoms with Crippen LogP contribution in [0, 0.1) is 6.92 Å². The molecule has 1 unspecified atom stereocenters. The summed E-state index contributed by atoms with van der Waals surface area (Å²) in [6.07, 6.45) is 0.0367. The van der Waals surface area contributed by atoms with Gasteiger partial charge in [-0.1, -0.05) is 0 Å². The van der Waals surface area contributed by atoms with Crippen LogP contribution in [0.25, 0.3) is 0 Å². The zero-order valence-corrected chi connectivity index (χ0v) is 11.7. The van der Waals surface area contributed by atoms with Crippen LogP contribution in [0.15, 0.2) is 30.3 Å². The Morgan fingerprint density at radius 3 is 2.84 bits per heavy atom. The first kappa shape index (κ1) is 12.5. The first-order chi connectivity index (χ1) is 9.17. The first-order valence-corrected chi connectivity index (χ1v) is 7.08. The second kappa shape index (κ2) is 4.87. The summed E-state index contributed by atoms with van der Waals surface area (Å²) in [5.74, 6) is 1.46. The third-order valence-electron chi connectivity index (χ3n) is 3.36. The second-order valence-corrected chi connectivity index (χ2v) is 6.03. The van der Waals surface area contributed by atoms with Gasteiger partial charge in [-0.05, 0) is 31.2 Å². The van der Waals surface area contributed by atoms with Crippen molar-refractivity contribution in [2.24, 2.45) is 0 Å². The fourth-order valence-corrected chi connectivity index (χ4v) is 3.27. The van der Waals surface area contributed by atoms with Gasteiger partial charge in [0.15, 0.2) is 0 Å². The molecule has 0 saturated carbocycles. The van der Waals surface area contributed by atoms with Gasteiger partial charge in [-0.15, -0.1) is 11.3 Å². The van der Waals surface area contributed by atoms with Crippen LogP contribution in [-0.2, 0) is 0 Å². The van der Waals surface area contributed by atoms with E-state index in [2.05, 4.69) is 19.1 Å².